The third kappa shape index (κ3) is 2.77. The summed E-state index contributed by atoms with van der Waals surface area (Å²) in [5, 5.41) is 2.68. The largest absolute Gasteiger partial charge is 0.319 e. The highest BCUT2D eigenvalue weighted by Crippen LogP contribution is 2.09. The summed E-state index contributed by atoms with van der Waals surface area (Å²) in [5.74, 6) is 5.15. The van der Waals surface area contributed by atoms with Crippen LogP contribution >= 0.6 is 0 Å². The second-order valence-corrected chi connectivity index (χ2v) is 3.64. The molecule has 0 aromatic carbocycles. The molecule has 0 saturated heterocycles. The van der Waals surface area contributed by atoms with Crippen molar-refractivity contribution in [1.82, 2.24) is 15.0 Å². The molecule has 0 radical (unpaired) electrons. The van der Waals surface area contributed by atoms with Crippen LogP contribution in [0.2, 0.25) is 0 Å². The maximum atomic E-state index is 11.9. The summed E-state index contributed by atoms with van der Waals surface area (Å²) in [7, 11) is 0. The number of aryl methyl sites for hydroxylation is 1. The van der Waals surface area contributed by atoms with Gasteiger partial charge in [-0.05, 0) is 18.6 Å². The minimum Gasteiger partial charge on any atom is -0.319 e. The van der Waals surface area contributed by atoms with E-state index in [1.54, 1.807) is 12.4 Å². The molecule has 0 atom stereocenters. The molecule has 0 fully saturated rings. The van der Waals surface area contributed by atoms with Gasteiger partial charge in [0.2, 0.25) is 0 Å². The molecule has 18 heavy (non-hydrogen) atoms. The number of nitrogens with one attached hydrogen (secondary N) is 2. The average Bonchev–Trinajstić information content (AvgIpc) is 2.39. The van der Waals surface area contributed by atoms with Crippen LogP contribution in [-0.4, -0.2) is 20.9 Å². The van der Waals surface area contributed by atoms with Gasteiger partial charge in [0.15, 0.2) is 5.82 Å². The minimum absolute atomic E-state index is 0.173. The van der Waals surface area contributed by atoms with Crippen molar-refractivity contribution < 1.29 is 4.79 Å². The lowest BCUT2D eigenvalue weighted by Crippen LogP contribution is -2.16. The fourth-order valence-electron chi connectivity index (χ4n) is 1.36. The van der Waals surface area contributed by atoms with Crippen LogP contribution in [0.4, 0.5) is 11.5 Å². The van der Waals surface area contributed by atoms with E-state index in [9.17, 15) is 4.79 Å². The van der Waals surface area contributed by atoms with Gasteiger partial charge in [0.25, 0.3) is 5.91 Å². The Labute approximate surface area is 103 Å². The van der Waals surface area contributed by atoms with Crippen LogP contribution in [0.3, 0.4) is 0 Å². The molecule has 0 saturated carbocycles. The van der Waals surface area contributed by atoms with Crippen molar-refractivity contribution in [3.63, 3.8) is 0 Å². The van der Waals surface area contributed by atoms with Gasteiger partial charge < -0.3 is 10.7 Å². The third-order valence-corrected chi connectivity index (χ3v) is 2.15. The minimum atomic E-state index is -0.369. The van der Waals surface area contributed by atoms with Crippen LogP contribution in [0, 0.1) is 6.92 Å². The monoisotopic (exact) mass is 244 g/mol. The summed E-state index contributed by atoms with van der Waals surface area (Å²) < 4.78 is 0. The fraction of sp³-hybridized carbons (Fsp3) is 0.0909. The summed E-state index contributed by atoms with van der Waals surface area (Å²) in [6.07, 6.45) is 6.04. The van der Waals surface area contributed by atoms with Crippen LogP contribution in [0.25, 0.3) is 0 Å². The SMILES string of the molecule is Cc1cncc(NC(=O)c2cncc(NN)n2)c1. The molecular weight excluding hydrogens is 232 g/mol. The maximum Gasteiger partial charge on any atom is 0.275 e. The first kappa shape index (κ1) is 11.9. The molecular formula is C11H12N6O. The number of hydrazine groups is 1. The van der Waals surface area contributed by atoms with E-state index >= 15 is 0 Å². The van der Waals surface area contributed by atoms with Crippen molar-refractivity contribution in [1.29, 1.82) is 0 Å². The molecule has 2 aromatic heterocycles. The normalized spacial score (nSPS) is 9.89. The Hall–Kier alpha value is -2.54. The molecule has 0 aliphatic heterocycles. The van der Waals surface area contributed by atoms with E-state index in [0.29, 0.717) is 11.5 Å². The van der Waals surface area contributed by atoms with Crippen molar-refractivity contribution in [2.45, 2.75) is 6.92 Å². The summed E-state index contributed by atoms with van der Waals surface area (Å²) in [5.41, 5.74) is 4.06. The van der Waals surface area contributed by atoms with Crippen molar-refractivity contribution in [2.24, 2.45) is 5.84 Å². The van der Waals surface area contributed by atoms with Gasteiger partial charge in [-0.1, -0.05) is 0 Å². The molecule has 0 aliphatic rings. The van der Waals surface area contributed by atoms with Gasteiger partial charge in [0, 0.05) is 6.20 Å². The number of rotatable bonds is 3. The standard InChI is InChI=1S/C11H12N6O/c1-7-2-8(4-13-3-7)15-11(18)9-5-14-6-10(16-9)17-12/h2-6H,12H2,1H3,(H,15,18)(H,16,17). The summed E-state index contributed by atoms with van der Waals surface area (Å²) in [6, 6.07) is 1.81. The van der Waals surface area contributed by atoms with Gasteiger partial charge in [-0.15, -0.1) is 0 Å². The first-order chi connectivity index (χ1) is 8.69. The fourth-order valence-corrected chi connectivity index (χ4v) is 1.36. The molecule has 1 amide bonds. The number of anilines is 2. The molecule has 92 valence electrons. The Kier molecular flexibility index (Phi) is 3.44. The molecule has 2 aromatic rings. The van der Waals surface area contributed by atoms with Crippen LogP contribution < -0.4 is 16.6 Å². The number of nitrogen functional groups attached to an aromatic ring is 1. The number of pyridine rings is 1. The number of nitrogens with zero attached hydrogens (tertiary/aromatic N) is 3. The quantitative estimate of drug-likeness (QED) is 0.542. The highest BCUT2D eigenvalue weighted by molar-refractivity contribution is 6.02. The molecule has 2 rings (SSSR count). The highest BCUT2D eigenvalue weighted by atomic mass is 16.1. The van der Waals surface area contributed by atoms with Gasteiger partial charge in [-0.25, -0.2) is 10.8 Å². The Morgan fingerprint density at radius 2 is 2.00 bits per heavy atom. The smallest absolute Gasteiger partial charge is 0.275 e. The number of aromatic nitrogens is 3. The Morgan fingerprint density at radius 1 is 1.22 bits per heavy atom. The van der Waals surface area contributed by atoms with Gasteiger partial charge >= 0.3 is 0 Å². The van der Waals surface area contributed by atoms with Crippen molar-refractivity contribution in [3.8, 4) is 0 Å². The van der Waals surface area contributed by atoms with Crippen LogP contribution in [0.15, 0.2) is 30.9 Å². The second-order valence-electron chi connectivity index (χ2n) is 3.64. The number of amides is 1. The predicted octanol–water partition coefficient (Wildman–Crippen LogP) is 0.718. The van der Waals surface area contributed by atoms with E-state index < -0.39 is 0 Å². The Bertz CT molecular complexity index is 571. The molecule has 0 spiro atoms. The average molecular weight is 244 g/mol. The molecule has 4 N–H and O–H groups in total. The summed E-state index contributed by atoms with van der Waals surface area (Å²) in [4.78, 5) is 23.7. The Morgan fingerprint density at radius 3 is 2.72 bits per heavy atom. The lowest BCUT2D eigenvalue weighted by atomic mass is 10.3. The van der Waals surface area contributed by atoms with E-state index in [1.807, 2.05) is 13.0 Å². The first-order valence-electron chi connectivity index (χ1n) is 5.20. The zero-order valence-electron chi connectivity index (χ0n) is 9.71. The van der Waals surface area contributed by atoms with Crippen molar-refractivity contribution >= 4 is 17.4 Å². The first-order valence-corrected chi connectivity index (χ1v) is 5.20. The van der Waals surface area contributed by atoms with Crippen molar-refractivity contribution in [2.75, 3.05) is 10.7 Å². The third-order valence-electron chi connectivity index (χ3n) is 2.15. The predicted molar refractivity (Wildman–Crippen MR) is 66.8 cm³/mol. The number of carbonyl (C=O) groups excluding carboxylic acids is 1. The van der Waals surface area contributed by atoms with Gasteiger partial charge in [0.05, 0.1) is 24.3 Å². The number of nitrogens with two attached hydrogens (primary N) is 1. The van der Waals surface area contributed by atoms with E-state index in [2.05, 4.69) is 25.7 Å². The van der Waals surface area contributed by atoms with Gasteiger partial charge in [-0.3, -0.25) is 14.8 Å². The van der Waals surface area contributed by atoms with E-state index in [1.165, 1.54) is 12.4 Å². The van der Waals surface area contributed by atoms with Crippen LogP contribution in [0.1, 0.15) is 16.1 Å². The molecule has 7 nitrogen and oxygen atoms in total. The number of hydrogen-bond donors (Lipinski definition) is 3. The molecule has 2 heterocycles. The van der Waals surface area contributed by atoms with Crippen molar-refractivity contribution in [3.05, 3.63) is 42.1 Å². The topological polar surface area (TPSA) is 106 Å². The van der Waals surface area contributed by atoms with Crippen LogP contribution in [-0.2, 0) is 0 Å². The van der Waals surface area contributed by atoms with E-state index in [-0.39, 0.29) is 11.6 Å². The summed E-state index contributed by atoms with van der Waals surface area (Å²) >= 11 is 0. The van der Waals surface area contributed by atoms with E-state index in [0.717, 1.165) is 5.56 Å². The lowest BCUT2D eigenvalue weighted by Gasteiger charge is -2.05. The van der Waals surface area contributed by atoms with Gasteiger partial charge in [-0.2, -0.15) is 0 Å². The van der Waals surface area contributed by atoms with E-state index in [4.69, 9.17) is 5.84 Å². The number of hydrogen-bond acceptors (Lipinski definition) is 6. The molecule has 7 heteroatoms. The maximum absolute atomic E-state index is 11.9. The molecule has 0 bridgehead atoms. The summed E-state index contributed by atoms with van der Waals surface area (Å²) in [6.45, 7) is 1.89. The van der Waals surface area contributed by atoms with Crippen LogP contribution in [0.5, 0.6) is 0 Å². The van der Waals surface area contributed by atoms with Gasteiger partial charge in [0.1, 0.15) is 5.69 Å². The lowest BCUT2D eigenvalue weighted by molar-refractivity contribution is 0.102. The zero-order valence-corrected chi connectivity index (χ0v) is 9.71. The number of carbonyl (C=O) groups is 1. The highest BCUT2D eigenvalue weighted by Gasteiger charge is 2.09. The second kappa shape index (κ2) is 5.19. The zero-order chi connectivity index (χ0) is 13.0. The molecule has 0 aliphatic carbocycles. The molecule has 0 unspecified atom stereocenters. The Balaban J connectivity index is 2.16.